The third-order valence-electron chi connectivity index (χ3n) is 3.59. The van der Waals surface area contributed by atoms with E-state index in [-0.39, 0.29) is 11.3 Å². The van der Waals surface area contributed by atoms with E-state index in [1.54, 1.807) is 12.4 Å². The first-order valence-electron chi connectivity index (χ1n) is 7.86. The van der Waals surface area contributed by atoms with Gasteiger partial charge in [-0.25, -0.2) is 9.97 Å². The predicted molar refractivity (Wildman–Crippen MR) is 93.0 cm³/mol. The zero-order chi connectivity index (χ0) is 19.3. The van der Waals surface area contributed by atoms with Gasteiger partial charge in [0.2, 0.25) is 5.95 Å². The highest BCUT2D eigenvalue weighted by Crippen LogP contribution is 2.34. The highest BCUT2D eigenvalue weighted by atomic mass is 19.4. The Morgan fingerprint density at radius 3 is 2.33 bits per heavy atom. The van der Waals surface area contributed by atoms with Crippen molar-refractivity contribution in [2.45, 2.75) is 12.7 Å². The summed E-state index contributed by atoms with van der Waals surface area (Å²) in [4.78, 5) is 24.1. The Morgan fingerprint density at radius 2 is 1.67 bits per heavy atom. The highest BCUT2D eigenvalue weighted by molar-refractivity contribution is 6.04. The number of carbonyl (C=O) groups excluding carboxylic acids is 1. The van der Waals surface area contributed by atoms with Crippen LogP contribution in [-0.2, 0) is 12.7 Å². The van der Waals surface area contributed by atoms with Crippen LogP contribution in [0.25, 0.3) is 0 Å². The van der Waals surface area contributed by atoms with E-state index in [1.165, 1.54) is 30.6 Å². The number of anilines is 2. The van der Waals surface area contributed by atoms with Gasteiger partial charge in [0.15, 0.2) is 0 Å². The third kappa shape index (κ3) is 4.78. The lowest BCUT2D eigenvalue weighted by Gasteiger charge is -2.13. The number of nitrogens with zero attached hydrogens (tertiary/aromatic N) is 3. The molecule has 2 N–H and O–H groups in total. The molecule has 3 rings (SSSR count). The van der Waals surface area contributed by atoms with E-state index in [2.05, 4.69) is 25.6 Å². The van der Waals surface area contributed by atoms with Gasteiger partial charge >= 0.3 is 6.18 Å². The molecule has 0 bridgehead atoms. The number of benzene rings is 1. The number of nitrogens with one attached hydrogen (secondary N) is 2. The van der Waals surface area contributed by atoms with Crippen molar-refractivity contribution in [3.63, 3.8) is 0 Å². The monoisotopic (exact) mass is 373 g/mol. The summed E-state index contributed by atoms with van der Waals surface area (Å²) in [6.45, 7) is 0.465. The lowest BCUT2D eigenvalue weighted by Crippen LogP contribution is -2.17. The van der Waals surface area contributed by atoms with Crippen LogP contribution >= 0.6 is 0 Å². The smallest absolute Gasteiger partial charge is 0.350 e. The Balaban J connectivity index is 1.66. The molecular weight excluding hydrogens is 359 g/mol. The lowest BCUT2D eigenvalue weighted by atomic mass is 10.1. The van der Waals surface area contributed by atoms with Gasteiger partial charge in [-0.3, -0.25) is 9.78 Å². The second-order valence-electron chi connectivity index (χ2n) is 5.50. The maximum atomic E-state index is 13.0. The van der Waals surface area contributed by atoms with E-state index in [0.717, 1.165) is 11.6 Å². The summed E-state index contributed by atoms with van der Waals surface area (Å²) < 4.78 is 39.0. The van der Waals surface area contributed by atoms with Gasteiger partial charge in [-0.05, 0) is 29.8 Å². The molecule has 0 fully saturated rings. The Hall–Kier alpha value is -3.49. The van der Waals surface area contributed by atoms with Crippen molar-refractivity contribution in [2.24, 2.45) is 0 Å². The summed E-state index contributed by atoms with van der Waals surface area (Å²) in [7, 11) is 0. The minimum atomic E-state index is -4.57. The van der Waals surface area contributed by atoms with Gasteiger partial charge in [0, 0.05) is 31.3 Å². The van der Waals surface area contributed by atoms with Crippen LogP contribution in [0.4, 0.5) is 24.8 Å². The standard InChI is InChI=1S/C18H14F3N5O/c19-18(20,21)14-3-1-2-4-15(14)26-16(27)13-10-24-17(25-11-13)23-9-12-5-7-22-8-6-12/h1-8,10-11H,9H2,(H,26,27)(H,23,24,25). The molecule has 0 saturated heterocycles. The summed E-state index contributed by atoms with van der Waals surface area (Å²) in [5.41, 5.74) is -0.231. The summed E-state index contributed by atoms with van der Waals surface area (Å²) in [5, 5.41) is 5.22. The van der Waals surface area contributed by atoms with Crippen molar-refractivity contribution in [2.75, 3.05) is 10.6 Å². The molecule has 0 spiro atoms. The molecule has 6 nitrogen and oxygen atoms in total. The SMILES string of the molecule is O=C(Nc1ccccc1C(F)(F)F)c1cnc(NCc2ccncc2)nc1. The predicted octanol–water partition coefficient (Wildman–Crippen LogP) is 3.75. The summed E-state index contributed by atoms with van der Waals surface area (Å²) >= 11 is 0. The van der Waals surface area contributed by atoms with Crippen molar-refractivity contribution in [1.82, 2.24) is 15.0 Å². The fourth-order valence-electron chi connectivity index (χ4n) is 2.25. The molecule has 9 heteroatoms. The van der Waals surface area contributed by atoms with E-state index in [0.29, 0.717) is 12.5 Å². The number of alkyl halides is 3. The zero-order valence-corrected chi connectivity index (χ0v) is 13.9. The van der Waals surface area contributed by atoms with Gasteiger partial charge < -0.3 is 10.6 Å². The summed E-state index contributed by atoms with van der Waals surface area (Å²) in [5.74, 6) is -0.438. The van der Waals surface area contributed by atoms with Crippen LogP contribution in [0, 0.1) is 0 Å². The first-order chi connectivity index (χ1) is 12.9. The van der Waals surface area contributed by atoms with E-state index < -0.39 is 17.6 Å². The Bertz CT molecular complexity index is 914. The molecule has 27 heavy (non-hydrogen) atoms. The maximum absolute atomic E-state index is 13.0. The van der Waals surface area contributed by atoms with Crippen LogP contribution in [0.2, 0.25) is 0 Å². The van der Waals surface area contributed by atoms with E-state index >= 15 is 0 Å². The number of amides is 1. The van der Waals surface area contributed by atoms with Crippen LogP contribution in [0.15, 0.2) is 61.2 Å². The normalized spacial score (nSPS) is 11.1. The Morgan fingerprint density at radius 1 is 1.00 bits per heavy atom. The Kier molecular flexibility index (Phi) is 5.30. The highest BCUT2D eigenvalue weighted by Gasteiger charge is 2.33. The second-order valence-corrected chi connectivity index (χ2v) is 5.50. The van der Waals surface area contributed by atoms with Crippen LogP contribution in [0.1, 0.15) is 21.5 Å². The van der Waals surface area contributed by atoms with Crippen molar-refractivity contribution >= 4 is 17.5 Å². The van der Waals surface area contributed by atoms with Crippen LogP contribution in [0.3, 0.4) is 0 Å². The summed E-state index contributed by atoms with van der Waals surface area (Å²) in [6.07, 6.45) is 1.23. The molecule has 2 heterocycles. The van der Waals surface area contributed by atoms with Crippen LogP contribution < -0.4 is 10.6 Å². The quantitative estimate of drug-likeness (QED) is 0.712. The summed E-state index contributed by atoms with van der Waals surface area (Å²) in [6, 6.07) is 8.41. The van der Waals surface area contributed by atoms with Gasteiger partial charge in [0.05, 0.1) is 16.8 Å². The number of carbonyl (C=O) groups is 1. The molecule has 0 aliphatic carbocycles. The van der Waals surface area contributed by atoms with E-state index in [9.17, 15) is 18.0 Å². The molecule has 0 aliphatic rings. The molecule has 0 unspecified atom stereocenters. The number of pyridine rings is 1. The van der Waals surface area contributed by atoms with Crippen molar-refractivity contribution in [3.8, 4) is 0 Å². The van der Waals surface area contributed by atoms with Crippen LogP contribution in [0.5, 0.6) is 0 Å². The number of aromatic nitrogens is 3. The van der Waals surface area contributed by atoms with Crippen LogP contribution in [-0.4, -0.2) is 20.9 Å². The number of para-hydroxylation sites is 1. The molecule has 3 aromatic rings. The molecule has 0 aliphatic heterocycles. The Labute approximate surface area is 152 Å². The fourth-order valence-corrected chi connectivity index (χ4v) is 2.25. The van der Waals surface area contributed by atoms with Crippen molar-refractivity contribution in [1.29, 1.82) is 0 Å². The average molecular weight is 373 g/mol. The largest absolute Gasteiger partial charge is 0.418 e. The molecule has 138 valence electrons. The molecule has 0 saturated carbocycles. The first-order valence-corrected chi connectivity index (χ1v) is 7.86. The van der Waals surface area contributed by atoms with E-state index in [1.807, 2.05) is 12.1 Å². The van der Waals surface area contributed by atoms with Crippen molar-refractivity contribution in [3.05, 3.63) is 77.9 Å². The minimum absolute atomic E-state index is 0.0430. The molecule has 2 aromatic heterocycles. The number of rotatable bonds is 5. The van der Waals surface area contributed by atoms with Gasteiger partial charge in [-0.1, -0.05) is 12.1 Å². The molecule has 1 amide bonds. The maximum Gasteiger partial charge on any atom is 0.418 e. The van der Waals surface area contributed by atoms with Gasteiger partial charge in [-0.2, -0.15) is 13.2 Å². The molecule has 0 atom stereocenters. The molecule has 0 radical (unpaired) electrons. The molecule has 1 aromatic carbocycles. The number of hydrogen-bond acceptors (Lipinski definition) is 5. The topological polar surface area (TPSA) is 79.8 Å². The van der Waals surface area contributed by atoms with Gasteiger partial charge in [0.25, 0.3) is 5.91 Å². The second kappa shape index (κ2) is 7.81. The van der Waals surface area contributed by atoms with E-state index in [4.69, 9.17) is 0 Å². The zero-order valence-electron chi connectivity index (χ0n) is 13.9. The molecular formula is C18H14F3N5O. The van der Waals surface area contributed by atoms with Gasteiger partial charge in [0.1, 0.15) is 0 Å². The number of halogens is 3. The minimum Gasteiger partial charge on any atom is -0.350 e. The fraction of sp³-hybridized carbons (Fsp3) is 0.111. The van der Waals surface area contributed by atoms with Gasteiger partial charge in [-0.15, -0.1) is 0 Å². The van der Waals surface area contributed by atoms with Crippen molar-refractivity contribution < 1.29 is 18.0 Å². The average Bonchev–Trinajstić information content (AvgIpc) is 2.67. The number of hydrogen-bond donors (Lipinski definition) is 2. The first kappa shape index (κ1) is 18.3. The third-order valence-corrected chi connectivity index (χ3v) is 3.59. The lowest BCUT2D eigenvalue weighted by molar-refractivity contribution is -0.136.